The predicted molar refractivity (Wildman–Crippen MR) is 112 cm³/mol. The first kappa shape index (κ1) is 21.9. The van der Waals surface area contributed by atoms with Gasteiger partial charge in [-0.3, -0.25) is 4.79 Å². The molecule has 0 radical (unpaired) electrons. The lowest BCUT2D eigenvalue weighted by Gasteiger charge is -2.18. The van der Waals surface area contributed by atoms with Crippen molar-refractivity contribution in [2.24, 2.45) is 0 Å². The van der Waals surface area contributed by atoms with Crippen LogP contribution in [0.2, 0.25) is 0 Å². The molecule has 1 heterocycles. The quantitative estimate of drug-likeness (QED) is 0.511. The van der Waals surface area contributed by atoms with Crippen molar-refractivity contribution < 1.29 is 33.3 Å². The highest BCUT2D eigenvalue weighted by Gasteiger charge is 2.12. The maximum Gasteiger partial charge on any atom is 0.337 e. The summed E-state index contributed by atoms with van der Waals surface area (Å²) in [6.45, 7) is 1.09. The highest BCUT2D eigenvalue weighted by molar-refractivity contribution is 5.91. The minimum Gasteiger partial charge on any atom is -0.486 e. The van der Waals surface area contributed by atoms with Crippen molar-refractivity contribution in [3.05, 3.63) is 65.2 Å². The van der Waals surface area contributed by atoms with Gasteiger partial charge >= 0.3 is 11.9 Å². The number of fused-ring (bicyclic) bond motifs is 1. The Kier molecular flexibility index (Phi) is 7.64. The topological polar surface area (TPSA) is 100 Å². The van der Waals surface area contributed by atoms with Crippen LogP contribution in [-0.2, 0) is 25.5 Å². The summed E-state index contributed by atoms with van der Waals surface area (Å²) in [7, 11) is 1.31. The molecule has 0 saturated carbocycles. The SMILES string of the molecule is COC(=O)c1ccc(/C=C/C(=O)OCC(=O)NCCc2ccc3c(c2)OCCO3)cc1. The van der Waals surface area contributed by atoms with E-state index in [0.29, 0.717) is 43.1 Å². The summed E-state index contributed by atoms with van der Waals surface area (Å²) in [6, 6.07) is 12.2. The number of ether oxygens (including phenoxy) is 4. The summed E-state index contributed by atoms with van der Waals surface area (Å²) in [5, 5.41) is 2.71. The largest absolute Gasteiger partial charge is 0.486 e. The highest BCUT2D eigenvalue weighted by atomic mass is 16.6. The number of methoxy groups -OCH3 is 1. The van der Waals surface area contributed by atoms with E-state index < -0.39 is 11.9 Å². The standard InChI is InChI=1S/C23H23NO7/c1-28-23(27)18-6-2-16(3-7-18)5-9-22(26)31-15-21(25)24-11-10-17-4-8-19-20(14-17)30-13-12-29-19/h2-9,14H,10-13,15H2,1H3,(H,24,25)/b9-5+. The molecule has 0 aromatic heterocycles. The number of esters is 2. The number of carbonyl (C=O) groups is 3. The Morgan fingerprint density at radius 1 is 1.03 bits per heavy atom. The van der Waals surface area contributed by atoms with E-state index in [1.807, 2.05) is 18.2 Å². The minimum absolute atomic E-state index is 0.369. The van der Waals surface area contributed by atoms with Crippen LogP contribution < -0.4 is 14.8 Å². The van der Waals surface area contributed by atoms with E-state index in [0.717, 1.165) is 11.3 Å². The van der Waals surface area contributed by atoms with Crippen molar-refractivity contribution in [1.82, 2.24) is 5.32 Å². The Balaban J connectivity index is 1.36. The Labute approximate surface area is 179 Å². The number of amides is 1. The first-order valence-electron chi connectivity index (χ1n) is 9.73. The van der Waals surface area contributed by atoms with Crippen LogP contribution in [-0.4, -0.2) is 51.3 Å². The maximum atomic E-state index is 11.9. The van der Waals surface area contributed by atoms with Gasteiger partial charge in [-0.15, -0.1) is 0 Å². The molecule has 1 aliphatic rings. The molecule has 3 rings (SSSR count). The zero-order valence-electron chi connectivity index (χ0n) is 17.1. The van der Waals surface area contributed by atoms with E-state index in [1.54, 1.807) is 24.3 Å². The zero-order chi connectivity index (χ0) is 22.1. The average molecular weight is 425 g/mol. The number of carbonyl (C=O) groups excluding carboxylic acids is 3. The summed E-state index contributed by atoms with van der Waals surface area (Å²) in [5.74, 6) is -0.0372. The molecule has 8 heteroatoms. The molecule has 1 aliphatic heterocycles. The fraction of sp³-hybridized carbons (Fsp3) is 0.261. The Morgan fingerprint density at radius 2 is 1.77 bits per heavy atom. The smallest absolute Gasteiger partial charge is 0.337 e. The molecule has 0 saturated heterocycles. The zero-order valence-corrected chi connectivity index (χ0v) is 17.1. The van der Waals surface area contributed by atoms with Crippen molar-refractivity contribution in [1.29, 1.82) is 0 Å². The van der Waals surface area contributed by atoms with Gasteiger partial charge < -0.3 is 24.3 Å². The van der Waals surface area contributed by atoms with Crippen molar-refractivity contribution in [3.8, 4) is 11.5 Å². The summed E-state index contributed by atoms with van der Waals surface area (Å²) in [5.41, 5.74) is 2.12. The van der Waals surface area contributed by atoms with Gasteiger partial charge in [0.1, 0.15) is 13.2 Å². The normalized spacial score (nSPS) is 12.3. The molecule has 2 aromatic carbocycles. The molecule has 2 aromatic rings. The van der Waals surface area contributed by atoms with Gasteiger partial charge in [-0.1, -0.05) is 18.2 Å². The molecule has 1 N–H and O–H groups in total. The van der Waals surface area contributed by atoms with Crippen molar-refractivity contribution >= 4 is 23.9 Å². The van der Waals surface area contributed by atoms with Crippen LogP contribution in [0.3, 0.4) is 0 Å². The van der Waals surface area contributed by atoms with Crippen LogP contribution in [0.5, 0.6) is 11.5 Å². The van der Waals surface area contributed by atoms with Crippen LogP contribution in [0.4, 0.5) is 0 Å². The third-order valence-corrected chi connectivity index (χ3v) is 4.43. The number of hydrogen-bond acceptors (Lipinski definition) is 7. The molecule has 8 nitrogen and oxygen atoms in total. The third-order valence-electron chi connectivity index (χ3n) is 4.43. The number of rotatable bonds is 8. The molecule has 0 unspecified atom stereocenters. The van der Waals surface area contributed by atoms with Crippen LogP contribution in [0.15, 0.2) is 48.5 Å². The van der Waals surface area contributed by atoms with Crippen LogP contribution >= 0.6 is 0 Å². The lowest BCUT2D eigenvalue weighted by molar-refractivity contribution is -0.143. The van der Waals surface area contributed by atoms with Gasteiger partial charge in [0.05, 0.1) is 12.7 Å². The van der Waals surface area contributed by atoms with E-state index in [4.69, 9.17) is 14.2 Å². The monoisotopic (exact) mass is 425 g/mol. The first-order valence-corrected chi connectivity index (χ1v) is 9.73. The molecule has 1 amide bonds. The molecule has 0 spiro atoms. The average Bonchev–Trinajstić information content (AvgIpc) is 2.81. The van der Waals surface area contributed by atoms with Crippen LogP contribution in [0.25, 0.3) is 6.08 Å². The van der Waals surface area contributed by atoms with Gasteiger partial charge in [0.25, 0.3) is 5.91 Å². The number of hydrogen-bond donors (Lipinski definition) is 1. The van der Waals surface area contributed by atoms with E-state index >= 15 is 0 Å². The molecular formula is C23H23NO7. The summed E-state index contributed by atoms with van der Waals surface area (Å²) < 4.78 is 20.6. The van der Waals surface area contributed by atoms with E-state index in [-0.39, 0.29) is 12.5 Å². The van der Waals surface area contributed by atoms with Crippen molar-refractivity contribution in [3.63, 3.8) is 0 Å². The number of nitrogens with one attached hydrogen (secondary N) is 1. The van der Waals surface area contributed by atoms with Gasteiger partial charge in [0.15, 0.2) is 18.1 Å². The van der Waals surface area contributed by atoms with Gasteiger partial charge in [-0.25, -0.2) is 9.59 Å². The fourth-order valence-corrected chi connectivity index (χ4v) is 2.84. The summed E-state index contributed by atoms with van der Waals surface area (Å²) in [4.78, 5) is 35.0. The fourth-order valence-electron chi connectivity index (χ4n) is 2.84. The maximum absolute atomic E-state index is 11.9. The second-order valence-electron chi connectivity index (χ2n) is 6.63. The Hall–Kier alpha value is -3.81. The van der Waals surface area contributed by atoms with Crippen LogP contribution in [0.1, 0.15) is 21.5 Å². The lowest BCUT2D eigenvalue weighted by atomic mass is 10.1. The molecular weight excluding hydrogens is 402 g/mol. The molecule has 162 valence electrons. The van der Waals surface area contributed by atoms with E-state index in [2.05, 4.69) is 10.1 Å². The van der Waals surface area contributed by atoms with Gasteiger partial charge in [0.2, 0.25) is 0 Å². The third kappa shape index (κ3) is 6.60. The Bertz CT molecular complexity index is 966. The number of benzene rings is 2. The summed E-state index contributed by atoms with van der Waals surface area (Å²) in [6.07, 6.45) is 3.36. The van der Waals surface area contributed by atoms with Gasteiger partial charge in [-0.05, 0) is 47.9 Å². The summed E-state index contributed by atoms with van der Waals surface area (Å²) >= 11 is 0. The van der Waals surface area contributed by atoms with Crippen molar-refractivity contribution in [2.45, 2.75) is 6.42 Å². The Morgan fingerprint density at radius 3 is 2.52 bits per heavy atom. The second-order valence-corrected chi connectivity index (χ2v) is 6.63. The van der Waals surface area contributed by atoms with Crippen LogP contribution in [0, 0.1) is 0 Å². The molecule has 0 bridgehead atoms. The highest BCUT2D eigenvalue weighted by Crippen LogP contribution is 2.30. The second kappa shape index (κ2) is 10.8. The molecule has 0 aliphatic carbocycles. The van der Waals surface area contributed by atoms with E-state index in [9.17, 15) is 14.4 Å². The molecule has 0 atom stereocenters. The van der Waals surface area contributed by atoms with E-state index in [1.165, 1.54) is 19.3 Å². The lowest BCUT2D eigenvalue weighted by Crippen LogP contribution is -2.30. The van der Waals surface area contributed by atoms with Crippen molar-refractivity contribution in [2.75, 3.05) is 33.5 Å². The minimum atomic E-state index is -0.640. The molecule has 0 fully saturated rings. The van der Waals surface area contributed by atoms with Gasteiger partial charge in [0, 0.05) is 12.6 Å². The molecule has 31 heavy (non-hydrogen) atoms. The predicted octanol–water partition coefficient (Wildman–Crippen LogP) is 2.16. The van der Waals surface area contributed by atoms with Gasteiger partial charge in [-0.2, -0.15) is 0 Å². The first-order chi connectivity index (χ1) is 15.0.